The second-order valence-electron chi connectivity index (χ2n) is 8.95. The van der Waals surface area contributed by atoms with E-state index in [9.17, 15) is 9.59 Å². The van der Waals surface area contributed by atoms with E-state index in [-0.39, 0.29) is 0 Å². The fourth-order valence-electron chi connectivity index (χ4n) is 4.71. The smallest absolute Gasteiger partial charge is 0.344 e. The molecule has 37 heavy (non-hydrogen) atoms. The summed E-state index contributed by atoms with van der Waals surface area (Å²) >= 11 is 3.45. The Labute approximate surface area is 220 Å². The van der Waals surface area contributed by atoms with Crippen LogP contribution in [0.25, 0.3) is 33.1 Å². The van der Waals surface area contributed by atoms with Crippen LogP contribution in [0.15, 0.2) is 89.6 Å². The summed E-state index contributed by atoms with van der Waals surface area (Å²) in [5.74, 6) is 1.49. The quantitative estimate of drug-likeness (QED) is 0.254. The Morgan fingerprint density at radius 2 is 1.78 bits per heavy atom. The summed E-state index contributed by atoms with van der Waals surface area (Å²) in [6.45, 7) is 1.74. The minimum absolute atomic E-state index is 0.302. The molecule has 0 unspecified atom stereocenters. The molecule has 1 aliphatic rings. The molecule has 2 aromatic heterocycles. The molecule has 186 valence electrons. The summed E-state index contributed by atoms with van der Waals surface area (Å²) in [6.07, 6.45) is 0.830. The summed E-state index contributed by atoms with van der Waals surface area (Å²) in [5, 5.41) is 1.40. The van der Waals surface area contributed by atoms with Crippen LogP contribution in [0.1, 0.15) is 11.1 Å². The molecule has 0 fully saturated rings. The highest BCUT2D eigenvalue weighted by molar-refractivity contribution is 9.10. The van der Waals surface area contributed by atoms with Crippen molar-refractivity contribution in [3.05, 3.63) is 103 Å². The van der Waals surface area contributed by atoms with Gasteiger partial charge in [-0.3, -0.25) is 4.90 Å². The first-order valence-corrected chi connectivity index (χ1v) is 12.6. The monoisotopic (exact) mass is 559 g/mol. The first-order valence-electron chi connectivity index (χ1n) is 11.8. The summed E-state index contributed by atoms with van der Waals surface area (Å²) < 4.78 is 23.3. The van der Waals surface area contributed by atoms with Crippen molar-refractivity contribution in [2.45, 2.75) is 13.0 Å². The molecule has 1 aliphatic heterocycles. The molecule has 3 heterocycles. The van der Waals surface area contributed by atoms with Crippen LogP contribution in [0.5, 0.6) is 11.5 Å². The summed E-state index contributed by atoms with van der Waals surface area (Å²) in [6, 6.07) is 20.2. The first kappa shape index (κ1) is 23.5. The number of nitrogens with zero attached hydrogens (tertiary/aromatic N) is 1. The van der Waals surface area contributed by atoms with E-state index in [1.165, 1.54) is 11.6 Å². The fraction of sp³-hybridized carbons (Fsp3) is 0.172. The van der Waals surface area contributed by atoms with E-state index in [0.29, 0.717) is 46.7 Å². The second kappa shape index (κ2) is 9.53. The van der Waals surface area contributed by atoms with Crippen molar-refractivity contribution in [2.75, 3.05) is 20.4 Å². The van der Waals surface area contributed by atoms with E-state index in [2.05, 4.69) is 20.8 Å². The van der Waals surface area contributed by atoms with Crippen LogP contribution < -0.4 is 20.7 Å². The number of hydrogen-bond acceptors (Lipinski definition) is 7. The molecule has 0 spiro atoms. The lowest BCUT2D eigenvalue weighted by Crippen LogP contribution is -2.33. The van der Waals surface area contributed by atoms with E-state index < -0.39 is 11.3 Å². The van der Waals surface area contributed by atoms with Crippen LogP contribution in [0.3, 0.4) is 0 Å². The van der Waals surface area contributed by atoms with Crippen molar-refractivity contribution in [1.82, 2.24) is 4.90 Å². The maximum atomic E-state index is 12.9. The number of benzene rings is 3. The van der Waals surface area contributed by atoms with Crippen LogP contribution in [0, 0.1) is 0 Å². The molecule has 0 saturated heterocycles. The van der Waals surface area contributed by atoms with Gasteiger partial charge in [0.2, 0.25) is 0 Å². The minimum atomic E-state index is -0.542. The number of methoxy groups -OCH3 is 1. The van der Waals surface area contributed by atoms with Crippen molar-refractivity contribution in [1.29, 1.82) is 0 Å². The lowest BCUT2D eigenvalue weighted by molar-refractivity contribution is 0.0968. The largest absolute Gasteiger partial charge is 0.497 e. The predicted octanol–water partition coefficient (Wildman–Crippen LogP) is 5.73. The Hall–Kier alpha value is -3.88. The van der Waals surface area contributed by atoms with Gasteiger partial charge >= 0.3 is 11.3 Å². The predicted molar refractivity (Wildman–Crippen MR) is 144 cm³/mol. The third kappa shape index (κ3) is 4.54. The molecule has 0 saturated carbocycles. The molecule has 0 radical (unpaired) electrons. The summed E-state index contributed by atoms with van der Waals surface area (Å²) in [7, 11) is 1.65. The Bertz CT molecular complexity index is 1760. The molecule has 3 aromatic carbocycles. The van der Waals surface area contributed by atoms with Crippen molar-refractivity contribution >= 4 is 37.9 Å². The molecule has 7 nitrogen and oxygen atoms in total. The lowest BCUT2D eigenvalue weighted by Gasteiger charge is -2.29. The van der Waals surface area contributed by atoms with Gasteiger partial charge in [0.05, 0.1) is 18.2 Å². The molecule has 5 aromatic rings. The third-order valence-electron chi connectivity index (χ3n) is 6.62. The van der Waals surface area contributed by atoms with Gasteiger partial charge in [0.15, 0.2) is 0 Å². The van der Waals surface area contributed by atoms with Gasteiger partial charge in [-0.15, -0.1) is 0 Å². The van der Waals surface area contributed by atoms with Gasteiger partial charge in [0.1, 0.15) is 29.4 Å². The molecular formula is C29H22BrNO6. The van der Waals surface area contributed by atoms with Crippen LogP contribution in [0.4, 0.5) is 0 Å². The lowest BCUT2D eigenvalue weighted by atomic mass is 9.99. The molecule has 0 aliphatic carbocycles. The Morgan fingerprint density at radius 1 is 0.946 bits per heavy atom. The standard InChI is InChI=1S/C29H22BrNO6/c1-34-20-5-2-17(3-6-20)10-11-31-15-24-26(35-16-31)9-7-21-22(14-27(32)37-28(21)24)23-13-18-12-19(30)4-8-25(18)36-29(23)33/h2-9,12-14H,10-11,15-16H2,1H3. The first-order chi connectivity index (χ1) is 18.0. The van der Waals surface area contributed by atoms with E-state index in [1.54, 1.807) is 19.2 Å². The topological polar surface area (TPSA) is 82.1 Å². The maximum absolute atomic E-state index is 12.9. The molecule has 8 heteroatoms. The van der Waals surface area contributed by atoms with Crippen molar-refractivity contribution in [3.8, 4) is 22.6 Å². The highest BCUT2D eigenvalue weighted by atomic mass is 79.9. The molecule has 6 rings (SSSR count). The zero-order chi connectivity index (χ0) is 25.5. The fourth-order valence-corrected chi connectivity index (χ4v) is 5.09. The molecule has 0 bridgehead atoms. The van der Waals surface area contributed by atoms with Crippen molar-refractivity contribution in [2.24, 2.45) is 0 Å². The van der Waals surface area contributed by atoms with Crippen LogP contribution in [-0.2, 0) is 13.0 Å². The number of ether oxygens (including phenoxy) is 2. The van der Waals surface area contributed by atoms with Gasteiger partial charge in [-0.2, -0.15) is 0 Å². The summed E-state index contributed by atoms with van der Waals surface area (Å²) in [5.41, 5.74) is 2.58. The van der Waals surface area contributed by atoms with Crippen molar-refractivity contribution in [3.63, 3.8) is 0 Å². The van der Waals surface area contributed by atoms with E-state index in [1.807, 2.05) is 48.5 Å². The van der Waals surface area contributed by atoms with Crippen LogP contribution >= 0.6 is 15.9 Å². The third-order valence-corrected chi connectivity index (χ3v) is 7.11. The Morgan fingerprint density at radius 3 is 2.59 bits per heavy atom. The molecule has 0 N–H and O–H groups in total. The van der Waals surface area contributed by atoms with E-state index in [0.717, 1.165) is 34.1 Å². The minimum Gasteiger partial charge on any atom is -0.497 e. The van der Waals surface area contributed by atoms with Crippen LogP contribution in [0.2, 0.25) is 0 Å². The highest BCUT2D eigenvalue weighted by Gasteiger charge is 2.23. The molecular weight excluding hydrogens is 538 g/mol. The van der Waals surface area contributed by atoms with Gasteiger partial charge in [-0.05, 0) is 60.5 Å². The average molecular weight is 560 g/mol. The maximum Gasteiger partial charge on any atom is 0.344 e. The number of fused-ring (bicyclic) bond motifs is 4. The van der Waals surface area contributed by atoms with Gasteiger partial charge in [-0.1, -0.05) is 28.1 Å². The zero-order valence-corrected chi connectivity index (χ0v) is 21.5. The van der Waals surface area contributed by atoms with Gasteiger partial charge < -0.3 is 18.3 Å². The molecule has 0 atom stereocenters. The second-order valence-corrected chi connectivity index (χ2v) is 9.87. The number of halogens is 1. The van der Waals surface area contributed by atoms with Crippen molar-refractivity contribution < 1.29 is 18.3 Å². The van der Waals surface area contributed by atoms with Gasteiger partial charge in [0.25, 0.3) is 0 Å². The highest BCUT2D eigenvalue weighted by Crippen LogP contribution is 2.36. The van der Waals surface area contributed by atoms with Gasteiger partial charge in [-0.25, -0.2) is 9.59 Å². The number of hydrogen-bond donors (Lipinski definition) is 0. The Kier molecular flexibility index (Phi) is 6.06. The van der Waals surface area contributed by atoms with Crippen LogP contribution in [-0.4, -0.2) is 25.3 Å². The van der Waals surface area contributed by atoms with Gasteiger partial charge in [0, 0.05) is 40.0 Å². The molecule has 0 amide bonds. The Balaban J connectivity index is 1.37. The van der Waals surface area contributed by atoms with E-state index in [4.69, 9.17) is 18.3 Å². The SMILES string of the molecule is COc1ccc(CCN2COc3ccc4c(-c5cc6cc(Br)ccc6oc5=O)cc(=O)oc4c3C2)cc1. The number of rotatable bonds is 5. The van der Waals surface area contributed by atoms with E-state index >= 15 is 0 Å². The average Bonchev–Trinajstić information content (AvgIpc) is 2.91. The summed E-state index contributed by atoms with van der Waals surface area (Å²) in [4.78, 5) is 27.7. The normalized spacial score (nSPS) is 13.5. The zero-order valence-electron chi connectivity index (χ0n) is 20.0.